The molecule has 2 aromatic rings. The molecule has 0 bridgehead atoms. The number of rotatable bonds is 4. The molecule has 0 saturated heterocycles. The largest absolute Gasteiger partial charge is 0.380 e. The lowest BCUT2D eigenvalue weighted by Gasteiger charge is -2.14. The molecule has 4 heteroatoms. The van der Waals surface area contributed by atoms with Crippen LogP contribution in [0, 0.1) is 6.92 Å². The Labute approximate surface area is 117 Å². The molecule has 0 aliphatic rings. The van der Waals surface area contributed by atoms with Crippen molar-refractivity contribution >= 4 is 22.9 Å². The van der Waals surface area contributed by atoms with Crippen molar-refractivity contribution in [2.45, 2.75) is 13.5 Å². The van der Waals surface area contributed by atoms with E-state index in [1.807, 2.05) is 24.3 Å². The fraction of sp³-hybridized carbons (Fsp3) is 0.267. The third kappa shape index (κ3) is 3.35. The zero-order chi connectivity index (χ0) is 13.8. The molecule has 0 fully saturated rings. The lowest BCUT2D eigenvalue weighted by molar-refractivity contribution is 0.0828. The van der Waals surface area contributed by atoms with Gasteiger partial charge < -0.3 is 10.2 Å². The molecule has 0 aliphatic carbocycles. The number of hydrogen-bond acceptors (Lipinski definition) is 3. The van der Waals surface area contributed by atoms with E-state index in [1.165, 1.54) is 9.75 Å². The minimum absolute atomic E-state index is 0.0189. The van der Waals surface area contributed by atoms with Gasteiger partial charge in [-0.2, -0.15) is 0 Å². The van der Waals surface area contributed by atoms with Crippen molar-refractivity contribution in [2.75, 3.05) is 19.4 Å². The summed E-state index contributed by atoms with van der Waals surface area (Å²) in [6, 6.07) is 11.8. The summed E-state index contributed by atoms with van der Waals surface area (Å²) < 4.78 is 0. The summed E-state index contributed by atoms with van der Waals surface area (Å²) in [7, 11) is 3.53. The maximum atomic E-state index is 12.1. The van der Waals surface area contributed by atoms with Crippen LogP contribution >= 0.6 is 11.3 Å². The third-order valence-electron chi connectivity index (χ3n) is 2.81. The highest BCUT2D eigenvalue weighted by molar-refractivity contribution is 7.11. The van der Waals surface area contributed by atoms with Gasteiger partial charge in [0.05, 0.1) is 5.56 Å². The highest BCUT2D eigenvalue weighted by Gasteiger charge is 2.12. The topological polar surface area (TPSA) is 32.3 Å². The summed E-state index contributed by atoms with van der Waals surface area (Å²) in [6.45, 7) is 2.84. The Kier molecular flexibility index (Phi) is 4.22. The summed E-state index contributed by atoms with van der Waals surface area (Å²) in [6.07, 6.45) is 0. The van der Waals surface area contributed by atoms with Crippen LogP contribution in [0.3, 0.4) is 0 Å². The Morgan fingerprint density at radius 1 is 1.21 bits per heavy atom. The molecule has 19 heavy (non-hydrogen) atoms. The molecular weight excluding hydrogens is 256 g/mol. The van der Waals surface area contributed by atoms with Crippen LogP contribution in [0.4, 0.5) is 5.69 Å². The predicted octanol–water partition coefficient (Wildman–Crippen LogP) is 3.37. The van der Waals surface area contributed by atoms with Gasteiger partial charge in [0.15, 0.2) is 0 Å². The Morgan fingerprint density at radius 3 is 2.58 bits per heavy atom. The van der Waals surface area contributed by atoms with Crippen LogP contribution in [0.15, 0.2) is 36.4 Å². The second kappa shape index (κ2) is 5.89. The zero-order valence-electron chi connectivity index (χ0n) is 11.4. The predicted molar refractivity (Wildman–Crippen MR) is 80.8 cm³/mol. The van der Waals surface area contributed by atoms with Crippen molar-refractivity contribution in [1.29, 1.82) is 0 Å². The van der Waals surface area contributed by atoms with Gasteiger partial charge in [-0.25, -0.2) is 0 Å². The number of nitrogens with zero attached hydrogens (tertiary/aromatic N) is 1. The number of nitrogens with one attached hydrogen (secondary N) is 1. The van der Waals surface area contributed by atoms with Crippen LogP contribution in [-0.2, 0) is 6.54 Å². The van der Waals surface area contributed by atoms with E-state index in [0.717, 1.165) is 12.2 Å². The van der Waals surface area contributed by atoms with E-state index < -0.39 is 0 Å². The fourth-order valence-corrected chi connectivity index (χ4v) is 2.66. The van der Waals surface area contributed by atoms with Crippen molar-refractivity contribution in [1.82, 2.24) is 4.90 Å². The number of hydrogen-bond donors (Lipinski definition) is 1. The molecule has 1 heterocycles. The quantitative estimate of drug-likeness (QED) is 0.927. The molecule has 2 rings (SSSR count). The van der Waals surface area contributed by atoms with Gasteiger partial charge in [0, 0.05) is 36.1 Å². The Hall–Kier alpha value is -1.81. The summed E-state index contributed by atoms with van der Waals surface area (Å²) in [4.78, 5) is 16.2. The normalized spacial score (nSPS) is 10.3. The maximum absolute atomic E-state index is 12.1. The van der Waals surface area contributed by atoms with Crippen LogP contribution in [0.2, 0.25) is 0 Å². The van der Waals surface area contributed by atoms with Gasteiger partial charge in [-0.05, 0) is 31.2 Å². The first-order valence-electron chi connectivity index (χ1n) is 6.18. The summed E-state index contributed by atoms with van der Waals surface area (Å²) in [5.74, 6) is 0.0189. The lowest BCUT2D eigenvalue weighted by Crippen LogP contribution is -2.22. The van der Waals surface area contributed by atoms with Gasteiger partial charge in [-0.15, -0.1) is 11.3 Å². The van der Waals surface area contributed by atoms with E-state index >= 15 is 0 Å². The van der Waals surface area contributed by atoms with Crippen molar-refractivity contribution in [3.8, 4) is 0 Å². The number of para-hydroxylation sites is 1. The zero-order valence-corrected chi connectivity index (χ0v) is 12.3. The first-order chi connectivity index (χ1) is 9.08. The minimum Gasteiger partial charge on any atom is -0.380 e. The van der Waals surface area contributed by atoms with Crippen molar-refractivity contribution < 1.29 is 4.79 Å². The molecule has 0 spiro atoms. The monoisotopic (exact) mass is 274 g/mol. The number of carbonyl (C=O) groups is 1. The molecule has 0 radical (unpaired) electrons. The van der Waals surface area contributed by atoms with Crippen molar-refractivity contribution in [3.05, 3.63) is 51.7 Å². The number of amides is 1. The third-order valence-corrected chi connectivity index (χ3v) is 3.81. The molecule has 3 nitrogen and oxygen atoms in total. The number of thiophene rings is 1. The molecule has 1 aromatic heterocycles. The molecule has 0 unspecified atom stereocenters. The highest BCUT2D eigenvalue weighted by atomic mass is 32.1. The average Bonchev–Trinajstić information content (AvgIpc) is 2.81. The maximum Gasteiger partial charge on any atom is 0.255 e. The average molecular weight is 274 g/mol. The molecule has 0 saturated carbocycles. The van der Waals surface area contributed by atoms with E-state index in [-0.39, 0.29) is 5.91 Å². The van der Waals surface area contributed by atoms with Crippen LogP contribution < -0.4 is 5.32 Å². The van der Waals surface area contributed by atoms with Gasteiger partial charge in [0.1, 0.15) is 0 Å². The van der Waals surface area contributed by atoms with Crippen LogP contribution in [-0.4, -0.2) is 24.9 Å². The van der Waals surface area contributed by atoms with E-state index in [0.29, 0.717) is 5.56 Å². The Morgan fingerprint density at radius 2 is 1.95 bits per heavy atom. The SMILES string of the molecule is Cc1ccc(CNc2ccccc2C(=O)N(C)C)s1. The second-order valence-electron chi connectivity index (χ2n) is 4.61. The van der Waals surface area contributed by atoms with Gasteiger partial charge in [0.2, 0.25) is 0 Å². The molecule has 100 valence electrons. The van der Waals surface area contributed by atoms with Gasteiger partial charge in [-0.3, -0.25) is 4.79 Å². The van der Waals surface area contributed by atoms with Gasteiger partial charge in [-0.1, -0.05) is 12.1 Å². The first-order valence-corrected chi connectivity index (χ1v) is 6.99. The standard InChI is InChI=1S/C15H18N2OS/c1-11-8-9-12(19-11)10-16-14-7-5-4-6-13(14)15(18)17(2)3/h4-9,16H,10H2,1-3H3. The van der Waals surface area contributed by atoms with Gasteiger partial charge in [0.25, 0.3) is 5.91 Å². The second-order valence-corrected chi connectivity index (χ2v) is 5.98. The van der Waals surface area contributed by atoms with E-state index in [1.54, 1.807) is 30.3 Å². The first kappa shape index (κ1) is 13.6. The van der Waals surface area contributed by atoms with Gasteiger partial charge >= 0.3 is 0 Å². The van der Waals surface area contributed by atoms with Crippen molar-refractivity contribution in [3.63, 3.8) is 0 Å². The Balaban J connectivity index is 2.14. The number of carbonyl (C=O) groups excluding carboxylic acids is 1. The number of benzene rings is 1. The molecule has 0 atom stereocenters. The Bertz CT molecular complexity index is 575. The number of anilines is 1. The van der Waals surface area contributed by atoms with Crippen molar-refractivity contribution in [2.24, 2.45) is 0 Å². The molecule has 1 aromatic carbocycles. The van der Waals surface area contributed by atoms with Crippen LogP contribution in [0.1, 0.15) is 20.1 Å². The fourth-order valence-electron chi connectivity index (χ4n) is 1.83. The molecule has 1 amide bonds. The van der Waals surface area contributed by atoms with E-state index in [9.17, 15) is 4.79 Å². The molecule has 1 N–H and O–H groups in total. The van der Waals surface area contributed by atoms with Crippen LogP contribution in [0.25, 0.3) is 0 Å². The molecule has 0 aliphatic heterocycles. The van der Waals surface area contributed by atoms with E-state index in [4.69, 9.17) is 0 Å². The summed E-state index contributed by atoms with van der Waals surface area (Å²) in [5, 5.41) is 3.34. The molecular formula is C15H18N2OS. The highest BCUT2D eigenvalue weighted by Crippen LogP contribution is 2.20. The van der Waals surface area contributed by atoms with Crippen LogP contribution in [0.5, 0.6) is 0 Å². The summed E-state index contributed by atoms with van der Waals surface area (Å²) >= 11 is 1.77. The van der Waals surface area contributed by atoms with E-state index in [2.05, 4.69) is 24.4 Å². The minimum atomic E-state index is 0.0189. The summed E-state index contributed by atoms with van der Waals surface area (Å²) in [5.41, 5.74) is 1.59. The smallest absolute Gasteiger partial charge is 0.255 e. The number of aryl methyl sites for hydroxylation is 1. The lowest BCUT2D eigenvalue weighted by atomic mass is 10.1.